The van der Waals surface area contributed by atoms with Crippen LogP contribution in [0.2, 0.25) is 0 Å². The molecule has 6 heteroatoms. The van der Waals surface area contributed by atoms with Gasteiger partial charge in [0.1, 0.15) is 0 Å². The molecule has 0 saturated carbocycles. The molecule has 110 valence electrons. The summed E-state index contributed by atoms with van der Waals surface area (Å²) in [5, 5.41) is 9.49. The highest BCUT2D eigenvalue weighted by molar-refractivity contribution is 5.83. The fourth-order valence-electron chi connectivity index (χ4n) is 1.82. The van der Waals surface area contributed by atoms with Gasteiger partial charge in [0.2, 0.25) is 11.8 Å². The second-order valence-corrected chi connectivity index (χ2v) is 4.64. The Hall–Kier alpha value is -2.63. The van der Waals surface area contributed by atoms with Gasteiger partial charge in [-0.05, 0) is 24.1 Å². The molecule has 21 heavy (non-hydrogen) atoms. The summed E-state index contributed by atoms with van der Waals surface area (Å²) >= 11 is 0. The van der Waals surface area contributed by atoms with Gasteiger partial charge in [-0.1, -0.05) is 18.2 Å². The van der Waals surface area contributed by atoms with Crippen LogP contribution in [0, 0.1) is 0 Å². The fraction of sp³-hybridized carbons (Fsp3) is 0.267. The molecule has 1 heterocycles. The summed E-state index contributed by atoms with van der Waals surface area (Å²) < 4.78 is 1.80. The van der Waals surface area contributed by atoms with Crippen molar-refractivity contribution in [3.63, 3.8) is 0 Å². The quantitative estimate of drug-likeness (QED) is 0.819. The number of hydrogen-bond acceptors (Lipinski definition) is 3. The molecule has 0 bridgehead atoms. The van der Waals surface area contributed by atoms with E-state index in [0.717, 1.165) is 11.3 Å². The first-order valence-corrected chi connectivity index (χ1v) is 6.75. The molecule has 0 saturated heterocycles. The Morgan fingerprint density at radius 2 is 1.95 bits per heavy atom. The topological polar surface area (TPSA) is 76.0 Å². The van der Waals surface area contributed by atoms with E-state index >= 15 is 0 Å². The summed E-state index contributed by atoms with van der Waals surface area (Å²) in [6.45, 7) is 1.91. The van der Waals surface area contributed by atoms with Gasteiger partial charge in [0, 0.05) is 19.7 Å². The normalized spacial score (nSPS) is 10.1. The molecule has 2 aromatic rings. The van der Waals surface area contributed by atoms with E-state index in [-0.39, 0.29) is 18.4 Å². The predicted octanol–water partition coefficient (Wildman–Crippen LogP) is 0.667. The van der Waals surface area contributed by atoms with Crippen LogP contribution in [0.15, 0.2) is 42.7 Å². The molecule has 0 fully saturated rings. The molecule has 0 unspecified atom stereocenters. The Morgan fingerprint density at radius 3 is 2.67 bits per heavy atom. The molecule has 1 aromatic carbocycles. The van der Waals surface area contributed by atoms with Crippen molar-refractivity contribution < 1.29 is 9.59 Å². The van der Waals surface area contributed by atoms with Crippen molar-refractivity contribution in [2.75, 3.05) is 13.1 Å². The molecule has 0 atom stereocenters. The Bertz CT molecular complexity index is 607. The average Bonchev–Trinajstić information content (AvgIpc) is 2.95. The van der Waals surface area contributed by atoms with Crippen molar-refractivity contribution in [3.8, 4) is 5.69 Å². The zero-order valence-electron chi connectivity index (χ0n) is 11.9. The number of carbonyl (C=O) groups excluding carboxylic acids is 2. The van der Waals surface area contributed by atoms with Crippen LogP contribution in [0.4, 0.5) is 0 Å². The maximum Gasteiger partial charge on any atom is 0.239 e. The number of aromatic nitrogens is 2. The van der Waals surface area contributed by atoms with Gasteiger partial charge in [-0.2, -0.15) is 5.10 Å². The number of hydrogen-bond donors (Lipinski definition) is 2. The van der Waals surface area contributed by atoms with Gasteiger partial charge in [-0.25, -0.2) is 4.68 Å². The Kier molecular flexibility index (Phi) is 5.09. The number of nitrogens with zero attached hydrogens (tertiary/aromatic N) is 2. The van der Waals surface area contributed by atoms with Crippen LogP contribution in [0.1, 0.15) is 12.5 Å². The van der Waals surface area contributed by atoms with Crippen LogP contribution in [0.25, 0.3) is 5.69 Å². The van der Waals surface area contributed by atoms with E-state index < -0.39 is 0 Å². The minimum absolute atomic E-state index is 0.0125. The molecule has 0 aliphatic heterocycles. The number of nitrogens with one attached hydrogen (secondary N) is 2. The lowest BCUT2D eigenvalue weighted by molar-refractivity contribution is -0.125. The van der Waals surface area contributed by atoms with E-state index in [1.165, 1.54) is 6.92 Å². The minimum Gasteiger partial charge on any atom is -0.354 e. The number of para-hydroxylation sites is 1. The molecular formula is C15H18N4O2. The van der Waals surface area contributed by atoms with Crippen LogP contribution in [0.3, 0.4) is 0 Å². The van der Waals surface area contributed by atoms with Gasteiger partial charge in [0.15, 0.2) is 0 Å². The zero-order chi connectivity index (χ0) is 15.1. The first kappa shape index (κ1) is 14.8. The summed E-state index contributed by atoms with van der Waals surface area (Å²) in [6, 6.07) is 9.83. The molecule has 6 nitrogen and oxygen atoms in total. The lowest BCUT2D eigenvalue weighted by atomic mass is 10.2. The first-order valence-electron chi connectivity index (χ1n) is 6.75. The van der Waals surface area contributed by atoms with E-state index in [0.29, 0.717) is 13.0 Å². The van der Waals surface area contributed by atoms with Crippen molar-refractivity contribution in [1.82, 2.24) is 20.4 Å². The van der Waals surface area contributed by atoms with Crippen LogP contribution >= 0.6 is 0 Å². The fourth-order valence-corrected chi connectivity index (χ4v) is 1.82. The molecule has 0 aliphatic rings. The van der Waals surface area contributed by atoms with E-state index in [9.17, 15) is 9.59 Å². The molecule has 0 radical (unpaired) electrons. The van der Waals surface area contributed by atoms with Crippen LogP contribution < -0.4 is 10.6 Å². The zero-order valence-corrected chi connectivity index (χ0v) is 11.9. The third-order valence-electron chi connectivity index (χ3n) is 2.89. The Balaban J connectivity index is 1.78. The van der Waals surface area contributed by atoms with Crippen molar-refractivity contribution in [1.29, 1.82) is 0 Å². The van der Waals surface area contributed by atoms with E-state index in [2.05, 4.69) is 15.7 Å². The van der Waals surface area contributed by atoms with Gasteiger partial charge in [0.25, 0.3) is 0 Å². The SMILES string of the molecule is CC(=O)NCC(=O)NCCc1cnn(-c2ccccc2)c1. The molecule has 0 aliphatic carbocycles. The molecule has 1 aromatic heterocycles. The lowest BCUT2D eigenvalue weighted by Crippen LogP contribution is -2.36. The van der Waals surface area contributed by atoms with Crippen molar-refractivity contribution in [2.24, 2.45) is 0 Å². The van der Waals surface area contributed by atoms with E-state index in [1.54, 1.807) is 10.9 Å². The number of amides is 2. The Morgan fingerprint density at radius 1 is 1.19 bits per heavy atom. The van der Waals surface area contributed by atoms with Crippen molar-refractivity contribution in [3.05, 3.63) is 48.3 Å². The van der Waals surface area contributed by atoms with Gasteiger partial charge in [0.05, 0.1) is 18.4 Å². The highest BCUT2D eigenvalue weighted by atomic mass is 16.2. The molecule has 2 rings (SSSR count). The van der Waals surface area contributed by atoms with Gasteiger partial charge >= 0.3 is 0 Å². The van der Waals surface area contributed by atoms with Gasteiger partial charge < -0.3 is 10.6 Å². The lowest BCUT2D eigenvalue weighted by Gasteiger charge is -2.04. The molecular weight excluding hydrogens is 268 g/mol. The summed E-state index contributed by atoms with van der Waals surface area (Å²) in [6.07, 6.45) is 4.42. The second-order valence-electron chi connectivity index (χ2n) is 4.64. The molecule has 2 amide bonds. The summed E-state index contributed by atoms with van der Waals surface area (Å²) in [5.41, 5.74) is 2.04. The molecule has 2 N–H and O–H groups in total. The smallest absolute Gasteiger partial charge is 0.239 e. The third-order valence-corrected chi connectivity index (χ3v) is 2.89. The van der Waals surface area contributed by atoms with E-state index in [1.807, 2.05) is 36.5 Å². The largest absolute Gasteiger partial charge is 0.354 e. The highest BCUT2D eigenvalue weighted by Gasteiger charge is 2.03. The second kappa shape index (κ2) is 7.23. The van der Waals surface area contributed by atoms with Gasteiger partial charge in [-0.15, -0.1) is 0 Å². The monoisotopic (exact) mass is 286 g/mol. The Labute approximate surface area is 123 Å². The van der Waals surface area contributed by atoms with Crippen LogP contribution in [-0.4, -0.2) is 34.7 Å². The first-order chi connectivity index (χ1) is 10.1. The molecule has 0 spiro atoms. The maximum absolute atomic E-state index is 11.4. The predicted molar refractivity (Wildman–Crippen MR) is 79.0 cm³/mol. The maximum atomic E-state index is 11.4. The van der Waals surface area contributed by atoms with Crippen LogP contribution in [0.5, 0.6) is 0 Å². The van der Waals surface area contributed by atoms with Crippen molar-refractivity contribution in [2.45, 2.75) is 13.3 Å². The minimum atomic E-state index is -0.214. The highest BCUT2D eigenvalue weighted by Crippen LogP contribution is 2.07. The number of rotatable bonds is 6. The summed E-state index contributed by atoms with van der Waals surface area (Å²) in [5.74, 6) is -0.407. The third kappa shape index (κ3) is 4.76. The standard InChI is InChI=1S/C15H18N4O2/c1-12(20)17-10-15(21)16-8-7-13-9-18-19(11-13)14-5-3-2-4-6-14/h2-6,9,11H,7-8,10H2,1H3,(H,16,21)(H,17,20). The van der Waals surface area contributed by atoms with Crippen LogP contribution in [-0.2, 0) is 16.0 Å². The average molecular weight is 286 g/mol. The number of carbonyl (C=O) groups is 2. The summed E-state index contributed by atoms with van der Waals surface area (Å²) in [4.78, 5) is 22.1. The summed E-state index contributed by atoms with van der Waals surface area (Å²) in [7, 11) is 0. The van der Waals surface area contributed by atoms with Crippen molar-refractivity contribution >= 4 is 11.8 Å². The van der Waals surface area contributed by atoms with E-state index in [4.69, 9.17) is 0 Å². The number of benzene rings is 1. The van der Waals surface area contributed by atoms with Gasteiger partial charge in [-0.3, -0.25) is 9.59 Å².